The highest BCUT2D eigenvalue weighted by molar-refractivity contribution is 5.19. The second-order valence-electron chi connectivity index (χ2n) is 5.74. The number of benzene rings is 2. The smallest absolute Gasteiger partial charge is 0.123 e. The first-order valence-electron chi connectivity index (χ1n) is 7.30. The van der Waals surface area contributed by atoms with E-state index >= 15 is 0 Å². The fraction of sp³-hybridized carbons (Fsp3) is 0.333. The highest BCUT2D eigenvalue weighted by Crippen LogP contribution is 2.20. The fourth-order valence-electron chi connectivity index (χ4n) is 2.62. The third-order valence-corrected chi connectivity index (χ3v) is 3.74. The van der Waals surface area contributed by atoms with Crippen LogP contribution in [0.15, 0.2) is 54.6 Å². The zero-order chi connectivity index (χ0) is 15.2. The third kappa shape index (κ3) is 4.66. The van der Waals surface area contributed by atoms with Crippen LogP contribution in [0.1, 0.15) is 24.1 Å². The maximum atomic E-state index is 13.2. The van der Waals surface area contributed by atoms with E-state index in [-0.39, 0.29) is 11.9 Å². The van der Waals surface area contributed by atoms with Crippen LogP contribution in [0.4, 0.5) is 4.39 Å². The van der Waals surface area contributed by atoms with E-state index in [9.17, 15) is 4.39 Å². The van der Waals surface area contributed by atoms with E-state index < -0.39 is 0 Å². The predicted molar refractivity (Wildman–Crippen MR) is 85.3 cm³/mol. The standard InChI is InChI=1S/C18H23FN2/c1-14(18(20)16-8-4-3-5-9-16)12-21(2)13-15-7-6-10-17(19)11-15/h3-11,14,18H,12-13,20H2,1-2H3. The number of nitrogens with two attached hydrogens (primary N) is 1. The molecule has 2 atom stereocenters. The van der Waals surface area contributed by atoms with Gasteiger partial charge in [0.15, 0.2) is 0 Å². The summed E-state index contributed by atoms with van der Waals surface area (Å²) in [6.07, 6.45) is 0. The summed E-state index contributed by atoms with van der Waals surface area (Å²) >= 11 is 0. The lowest BCUT2D eigenvalue weighted by atomic mass is 9.95. The highest BCUT2D eigenvalue weighted by Gasteiger charge is 2.16. The van der Waals surface area contributed by atoms with Gasteiger partial charge in [-0.05, 0) is 36.2 Å². The van der Waals surface area contributed by atoms with Gasteiger partial charge in [-0.3, -0.25) is 0 Å². The molecule has 21 heavy (non-hydrogen) atoms. The Kier molecular flexibility index (Phi) is 5.48. The maximum absolute atomic E-state index is 13.2. The molecular weight excluding hydrogens is 263 g/mol. The van der Waals surface area contributed by atoms with Crippen molar-refractivity contribution >= 4 is 0 Å². The summed E-state index contributed by atoms with van der Waals surface area (Å²) in [5.41, 5.74) is 8.46. The largest absolute Gasteiger partial charge is 0.324 e. The average molecular weight is 286 g/mol. The van der Waals surface area contributed by atoms with Gasteiger partial charge < -0.3 is 10.6 Å². The lowest BCUT2D eigenvalue weighted by Gasteiger charge is -2.26. The van der Waals surface area contributed by atoms with Crippen molar-refractivity contribution in [1.82, 2.24) is 4.90 Å². The zero-order valence-corrected chi connectivity index (χ0v) is 12.7. The molecule has 2 rings (SSSR count). The summed E-state index contributed by atoms with van der Waals surface area (Å²) < 4.78 is 13.2. The maximum Gasteiger partial charge on any atom is 0.123 e. The predicted octanol–water partition coefficient (Wildman–Crippen LogP) is 3.59. The number of hydrogen-bond donors (Lipinski definition) is 1. The Balaban J connectivity index is 1.91. The van der Waals surface area contributed by atoms with E-state index in [1.807, 2.05) is 31.3 Å². The minimum absolute atomic E-state index is 0.0150. The van der Waals surface area contributed by atoms with Crippen LogP contribution in [0.3, 0.4) is 0 Å². The van der Waals surface area contributed by atoms with Crippen LogP contribution in [-0.2, 0) is 6.54 Å². The molecule has 3 heteroatoms. The lowest BCUT2D eigenvalue weighted by molar-refractivity contribution is 0.257. The lowest BCUT2D eigenvalue weighted by Crippen LogP contribution is -2.30. The van der Waals surface area contributed by atoms with Crippen LogP contribution in [0.5, 0.6) is 0 Å². The molecule has 0 aliphatic heterocycles. The van der Waals surface area contributed by atoms with Gasteiger partial charge in [0.2, 0.25) is 0 Å². The Bertz CT molecular complexity index is 556. The van der Waals surface area contributed by atoms with Crippen LogP contribution >= 0.6 is 0 Å². The van der Waals surface area contributed by atoms with E-state index in [0.717, 1.165) is 24.2 Å². The van der Waals surface area contributed by atoms with Crippen molar-refractivity contribution < 1.29 is 4.39 Å². The average Bonchev–Trinajstić information content (AvgIpc) is 2.47. The topological polar surface area (TPSA) is 29.3 Å². The first-order valence-corrected chi connectivity index (χ1v) is 7.30. The Morgan fingerprint density at radius 1 is 1.10 bits per heavy atom. The minimum atomic E-state index is -0.185. The van der Waals surface area contributed by atoms with Gasteiger partial charge >= 0.3 is 0 Å². The molecule has 2 nitrogen and oxygen atoms in total. The molecule has 2 aromatic carbocycles. The molecule has 0 saturated heterocycles. The van der Waals surface area contributed by atoms with Gasteiger partial charge in [-0.25, -0.2) is 4.39 Å². The Morgan fingerprint density at radius 2 is 1.81 bits per heavy atom. The van der Waals surface area contributed by atoms with E-state index in [4.69, 9.17) is 5.73 Å². The van der Waals surface area contributed by atoms with Crippen molar-refractivity contribution in [2.75, 3.05) is 13.6 Å². The van der Waals surface area contributed by atoms with Gasteiger partial charge in [0.1, 0.15) is 5.82 Å². The second kappa shape index (κ2) is 7.34. The Labute approximate surface area is 126 Å². The fourth-order valence-corrected chi connectivity index (χ4v) is 2.62. The number of hydrogen-bond acceptors (Lipinski definition) is 2. The molecule has 0 amide bonds. The first-order chi connectivity index (χ1) is 10.1. The Morgan fingerprint density at radius 3 is 2.48 bits per heavy atom. The third-order valence-electron chi connectivity index (χ3n) is 3.74. The molecule has 2 aromatic rings. The SMILES string of the molecule is CC(CN(C)Cc1cccc(F)c1)C(N)c1ccccc1. The monoisotopic (exact) mass is 286 g/mol. The van der Waals surface area contributed by atoms with Crippen molar-refractivity contribution in [2.45, 2.75) is 19.5 Å². The van der Waals surface area contributed by atoms with Crippen LogP contribution in [0.2, 0.25) is 0 Å². The van der Waals surface area contributed by atoms with Crippen molar-refractivity contribution in [3.8, 4) is 0 Å². The van der Waals surface area contributed by atoms with E-state index in [1.165, 1.54) is 6.07 Å². The molecule has 0 fully saturated rings. The van der Waals surface area contributed by atoms with Gasteiger partial charge in [0, 0.05) is 19.1 Å². The quantitative estimate of drug-likeness (QED) is 0.879. The molecule has 0 aliphatic carbocycles. The molecule has 0 radical (unpaired) electrons. The molecule has 0 aliphatic rings. The summed E-state index contributed by atoms with van der Waals surface area (Å²) in [6, 6.07) is 16.9. The first kappa shape index (κ1) is 15.7. The Hall–Kier alpha value is -1.71. The molecule has 0 bridgehead atoms. The summed E-state index contributed by atoms with van der Waals surface area (Å²) in [4.78, 5) is 2.18. The molecule has 2 unspecified atom stereocenters. The van der Waals surface area contributed by atoms with Crippen LogP contribution in [-0.4, -0.2) is 18.5 Å². The van der Waals surface area contributed by atoms with Crippen LogP contribution < -0.4 is 5.73 Å². The normalized spacial score (nSPS) is 14.1. The van der Waals surface area contributed by atoms with E-state index in [2.05, 4.69) is 24.0 Å². The van der Waals surface area contributed by atoms with Crippen LogP contribution in [0.25, 0.3) is 0 Å². The second-order valence-corrected chi connectivity index (χ2v) is 5.74. The number of nitrogens with zero attached hydrogens (tertiary/aromatic N) is 1. The van der Waals surface area contributed by atoms with Crippen molar-refractivity contribution in [3.05, 3.63) is 71.5 Å². The van der Waals surface area contributed by atoms with Crippen LogP contribution in [0, 0.1) is 11.7 Å². The van der Waals surface area contributed by atoms with E-state index in [0.29, 0.717) is 5.92 Å². The molecule has 0 spiro atoms. The van der Waals surface area contributed by atoms with Gasteiger partial charge in [0.25, 0.3) is 0 Å². The summed E-state index contributed by atoms with van der Waals surface area (Å²) in [7, 11) is 2.04. The van der Waals surface area contributed by atoms with Crippen molar-refractivity contribution in [1.29, 1.82) is 0 Å². The van der Waals surface area contributed by atoms with Gasteiger partial charge in [0.05, 0.1) is 0 Å². The summed E-state index contributed by atoms with van der Waals surface area (Å²) in [5, 5.41) is 0. The summed E-state index contributed by atoms with van der Waals surface area (Å²) in [6.45, 7) is 3.75. The number of rotatable bonds is 6. The number of halogens is 1. The molecule has 112 valence electrons. The van der Waals surface area contributed by atoms with E-state index in [1.54, 1.807) is 12.1 Å². The van der Waals surface area contributed by atoms with Crippen molar-refractivity contribution in [2.24, 2.45) is 11.7 Å². The molecule has 0 aromatic heterocycles. The minimum Gasteiger partial charge on any atom is -0.324 e. The summed E-state index contributed by atoms with van der Waals surface area (Å²) in [5.74, 6) is 0.140. The molecular formula is C18H23FN2. The zero-order valence-electron chi connectivity index (χ0n) is 12.7. The molecule has 0 heterocycles. The molecule has 2 N–H and O–H groups in total. The van der Waals surface area contributed by atoms with Gasteiger partial charge in [-0.2, -0.15) is 0 Å². The van der Waals surface area contributed by atoms with Crippen molar-refractivity contribution in [3.63, 3.8) is 0 Å². The molecule has 0 saturated carbocycles. The highest BCUT2D eigenvalue weighted by atomic mass is 19.1. The van der Waals surface area contributed by atoms with Gasteiger partial charge in [-0.15, -0.1) is 0 Å². The van der Waals surface area contributed by atoms with Gasteiger partial charge in [-0.1, -0.05) is 49.4 Å².